The van der Waals surface area contributed by atoms with E-state index in [0.717, 1.165) is 56.3 Å². The maximum Gasteiger partial charge on any atom is 0.293 e. The molecule has 1 aliphatic heterocycles. The summed E-state index contributed by atoms with van der Waals surface area (Å²) >= 11 is 0. The van der Waals surface area contributed by atoms with Crippen LogP contribution in [0.5, 0.6) is 0 Å². The van der Waals surface area contributed by atoms with Gasteiger partial charge in [-0.2, -0.15) is 0 Å². The first-order valence-corrected chi connectivity index (χ1v) is 13.4. The van der Waals surface area contributed by atoms with E-state index in [2.05, 4.69) is 99.2 Å². The Hall–Kier alpha value is -3.33. The average Bonchev–Trinajstić information content (AvgIpc) is 3.44. The van der Waals surface area contributed by atoms with Gasteiger partial charge in [0.1, 0.15) is 0 Å². The third-order valence-electron chi connectivity index (χ3n) is 7.38. The Balaban J connectivity index is 1.22. The quantitative estimate of drug-likeness (QED) is 0.326. The van der Waals surface area contributed by atoms with Crippen LogP contribution in [-0.2, 0) is 6.54 Å². The summed E-state index contributed by atoms with van der Waals surface area (Å²) in [5, 5.41) is 11.0. The molecule has 1 saturated heterocycles. The van der Waals surface area contributed by atoms with Crippen LogP contribution in [0.1, 0.15) is 31.0 Å². The summed E-state index contributed by atoms with van der Waals surface area (Å²) < 4.78 is 1.96. The standard InChI is InChI=1S/C29H37N7O/c1-3-34(4-2)29-26-28(31-21-30-26)36(22-32-29)20-25(37)19-33-15-17-35(18-16-33)27(23-11-7-5-8-12-23)24-13-9-6-10-14-24/h5-14,21-22,25,27,37H,3-4,15-20H2,1-2H3/p+1. The maximum absolute atomic E-state index is 11.0. The maximum atomic E-state index is 11.0. The Labute approximate surface area is 219 Å². The minimum absolute atomic E-state index is 0.244. The number of benzene rings is 2. The number of rotatable bonds is 10. The first-order chi connectivity index (χ1) is 18.2. The molecule has 2 aromatic heterocycles. The summed E-state index contributed by atoms with van der Waals surface area (Å²) in [6, 6.07) is 21.8. The van der Waals surface area contributed by atoms with E-state index in [1.165, 1.54) is 11.1 Å². The van der Waals surface area contributed by atoms with Crippen molar-refractivity contribution in [1.82, 2.24) is 24.8 Å². The van der Waals surface area contributed by atoms with Crippen LogP contribution in [0.4, 0.5) is 5.82 Å². The Morgan fingerprint density at radius 2 is 1.54 bits per heavy atom. The highest BCUT2D eigenvalue weighted by atomic mass is 16.3. The number of aliphatic hydroxyl groups is 1. The first-order valence-electron chi connectivity index (χ1n) is 13.4. The summed E-state index contributed by atoms with van der Waals surface area (Å²) in [5.41, 5.74) is 4.39. The van der Waals surface area contributed by atoms with E-state index in [1.807, 2.05) is 10.9 Å². The molecule has 2 N–H and O–H groups in total. The minimum Gasteiger partial charge on any atom is -0.388 e. The number of aliphatic hydroxyl groups excluding tert-OH is 1. The predicted octanol–water partition coefficient (Wildman–Crippen LogP) is 2.86. The monoisotopic (exact) mass is 500 g/mol. The molecule has 1 atom stereocenters. The molecule has 5 rings (SSSR count). The second kappa shape index (κ2) is 11.8. The van der Waals surface area contributed by atoms with E-state index in [-0.39, 0.29) is 6.04 Å². The lowest BCUT2D eigenvalue weighted by molar-refractivity contribution is -0.683. The van der Waals surface area contributed by atoms with Crippen LogP contribution >= 0.6 is 0 Å². The zero-order chi connectivity index (χ0) is 25.6. The molecule has 194 valence electrons. The summed E-state index contributed by atoms with van der Waals surface area (Å²) in [4.78, 5) is 19.6. The summed E-state index contributed by atoms with van der Waals surface area (Å²) in [5.74, 6) is 0.908. The molecule has 0 radical (unpaired) electrons. The van der Waals surface area contributed by atoms with Crippen molar-refractivity contribution in [2.75, 3.05) is 50.7 Å². The van der Waals surface area contributed by atoms with Crippen LogP contribution in [0, 0.1) is 0 Å². The molecule has 8 heteroatoms. The lowest BCUT2D eigenvalue weighted by atomic mass is 9.96. The molecular weight excluding hydrogens is 462 g/mol. The lowest BCUT2D eigenvalue weighted by Gasteiger charge is -2.40. The van der Waals surface area contributed by atoms with Gasteiger partial charge in [0.25, 0.3) is 5.65 Å². The number of nitrogens with zero attached hydrogens (tertiary/aromatic N) is 6. The van der Waals surface area contributed by atoms with Crippen molar-refractivity contribution in [3.8, 4) is 0 Å². The smallest absolute Gasteiger partial charge is 0.293 e. The van der Waals surface area contributed by atoms with Gasteiger partial charge in [-0.3, -0.25) is 9.80 Å². The number of fused-ring (bicyclic) bond motifs is 1. The Morgan fingerprint density at radius 1 is 0.919 bits per heavy atom. The number of nitrogens with one attached hydrogen (secondary N) is 1. The van der Waals surface area contributed by atoms with E-state index < -0.39 is 6.10 Å². The highest BCUT2D eigenvalue weighted by Gasteiger charge is 2.28. The third-order valence-corrected chi connectivity index (χ3v) is 7.38. The molecule has 4 aromatic rings. The number of β-amino-alcohol motifs (C(OH)–C–C–N with tert-alkyl or cyclic N) is 1. The molecule has 0 bridgehead atoms. The van der Waals surface area contributed by atoms with Gasteiger partial charge in [-0.1, -0.05) is 70.6 Å². The van der Waals surface area contributed by atoms with Crippen LogP contribution in [0.15, 0.2) is 73.3 Å². The lowest BCUT2D eigenvalue weighted by Crippen LogP contribution is -2.52. The van der Waals surface area contributed by atoms with Crippen LogP contribution in [0.25, 0.3) is 11.2 Å². The number of aromatic nitrogens is 4. The highest BCUT2D eigenvalue weighted by Crippen LogP contribution is 2.29. The van der Waals surface area contributed by atoms with E-state index in [0.29, 0.717) is 13.1 Å². The molecule has 1 fully saturated rings. The fourth-order valence-corrected chi connectivity index (χ4v) is 5.48. The van der Waals surface area contributed by atoms with Crippen molar-refractivity contribution in [2.45, 2.75) is 32.5 Å². The largest absolute Gasteiger partial charge is 0.388 e. The van der Waals surface area contributed by atoms with E-state index in [4.69, 9.17) is 4.98 Å². The second-order valence-electron chi connectivity index (χ2n) is 9.71. The molecule has 1 aliphatic rings. The van der Waals surface area contributed by atoms with Gasteiger partial charge in [0.05, 0.1) is 18.7 Å². The molecule has 37 heavy (non-hydrogen) atoms. The molecule has 3 heterocycles. The normalized spacial score (nSPS) is 15.9. The van der Waals surface area contributed by atoms with Gasteiger partial charge in [0, 0.05) is 45.8 Å². The number of H-pyrrole nitrogens is 1. The van der Waals surface area contributed by atoms with Gasteiger partial charge in [-0.05, 0) is 25.0 Å². The van der Waals surface area contributed by atoms with Gasteiger partial charge in [-0.15, -0.1) is 0 Å². The first kappa shape index (κ1) is 25.3. The van der Waals surface area contributed by atoms with Crippen molar-refractivity contribution in [2.24, 2.45) is 0 Å². The number of imidazole rings is 1. The van der Waals surface area contributed by atoms with Crippen molar-refractivity contribution in [3.63, 3.8) is 0 Å². The van der Waals surface area contributed by atoms with Gasteiger partial charge >= 0.3 is 0 Å². The average molecular weight is 501 g/mol. The van der Waals surface area contributed by atoms with Gasteiger partial charge in [0.2, 0.25) is 12.1 Å². The molecular formula is C29H38N7O+. The van der Waals surface area contributed by atoms with Crippen molar-refractivity contribution in [1.29, 1.82) is 0 Å². The van der Waals surface area contributed by atoms with E-state index in [1.54, 1.807) is 6.33 Å². The van der Waals surface area contributed by atoms with Gasteiger partial charge in [0.15, 0.2) is 11.8 Å². The fourth-order valence-electron chi connectivity index (χ4n) is 5.48. The van der Waals surface area contributed by atoms with Crippen molar-refractivity contribution >= 4 is 17.0 Å². The zero-order valence-electron chi connectivity index (χ0n) is 21.9. The molecule has 0 saturated carbocycles. The summed E-state index contributed by atoms with van der Waals surface area (Å²) in [6.45, 7) is 10.9. The minimum atomic E-state index is -0.503. The Morgan fingerprint density at radius 3 is 2.14 bits per heavy atom. The van der Waals surface area contributed by atoms with Crippen molar-refractivity contribution in [3.05, 3.63) is 84.4 Å². The third kappa shape index (κ3) is 5.66. The van der Waals surface area contributed by atoms with Gasteiger partial charge < -0.3 is 15.0 Å². The van der Waals surface area contributed by atoms with Crippen LogP contribution in [0.3, 0.4) is 0 Å². The number of piperazine rings is 1. The second-order valence-corrected chi connectivity index (χ2v) is 9.71. The molecule has 0 spiro atoms. The molecule has 1 unspecified atom stereocenters. The van der Waals surface area contributed by atoms with E-state index in [9.17, 15) is 5.11 Å². The zero-order valence-corrected chi connectivity index (χ0v) is 21.9. The van der Waals surface area contributed by atoms with E-state index >= 15 is 0 Å². The van der Waals surface area contributed by atoms with Crippen LogP contribution < -0.4 is 9.47 Å². The molecule has 8 nitrogen and oxygen atoms in total. The van der Waals surface area contributed by atoms with Gasteiger partial charge in [-0.25, -0.2) is 4.57 Å². The van der Waals surface area contributed by atoms with Crippen LogP contribution in [-0.4, -0.2) is 81.8 Å². The molecule has 0 amide bonds. The number of hydrogen-bond donors (Lipinski definition) is 2. The molecule has 2 aromatic carbocycles. The number of hydrogen-bond acceptors (Lipinski definition) is 6. The Bertz CT molecular complexity index is 1210. The predicted molar refractivity (Wildman–Crippen MR) is 146 cm³/mol. The number of aromatic amines is 1. The van der Waals surface area contributed by atoms with Crippen molar-refractivity contribution < 1.29 is 9.67 Å². The number of anilines is 1. The summed E-state index contributed by atoms with van der Waals surface area (Å²) in [6.07, 6.45) is 3.01. The summed E-state index contributed by atoms with van der Waals surface area (Å²) in [7, 11) is 0. The SMILES string of the molecule is CCN(CC)c1nc[n+](CC(O)CN2CCN(C(c3ccccc3)c3ccccc3)CC2)c2nc[nH]c12. The fraction of sp³-hybridized carbons (Fsp3) is 0.414. The topological polar surface area (TPSA) is 75.4 Å². The Kier molecular flexibility index (Phi) is 8.08. The van der Waals surface area contributed by atoms with Crippen LogP contribution in [0.2, 0.25) is 0 Å². The highest BCUT2D eigenvalue weighted by molar-refractivity contribution is 5.80. The molecule has 0 aliphatic carbocycles.